The second-order valence-electron chi connectivity index (χ2n) is 3.61. The van der Waals surface area contributed by atoms with Gasteiger partial charge in [-0.3, -0.25) is 0 Å². The molecule has 0 aliphatic carbocycles. The molecule has 5 nitrogen and oxygen atoms in total. The molecule has 0 saturated carbocycles. The average molecular weight is 259 g/mol. The standard InChI is InChI=1S/C13H10FN3O2/c1-18-13-5-3-10(16-17-13)8-19-11-4-2-9(7-15)12(14)6-11/h2-6H,8H2,1H3. The van der Waals surface area contributed by atoms with E-state index in [1.807, 2.05) is 0 Å². The number of benzene rings is 1. The van der Waals surface area contributed by atoms with Gasteiger partial charge in [-0.25, -0.2) is 4.39 Å². The Morgan fingerprint density at radius 1 is 1.26 bits per heavy atom. The highest BCUT2D eigenvalue weighted by Gasteiger charge is 2.04. The van der Waals surface area contributed by atoms with E-state index in [9.17, 15) is 4.39 Å². The lowest BCUT2D eigenvalue weighted by Crippen LogP contribution is -2.01. The van der Waals surface area contributed by atoms with Crippen LogP contribution in [0.1, 0.15) is 11.3 Å². The van der Waals surface area contributed by atoms with Crippen molar-refractivity contribution in [1.82, 2.24) is 10.2 Å². The van der Waals surface area contributed by atoms with Crippen molar-refractivity contribution in [1.29, 1.82) is 5.26 Å². The van der Waals surface area contributed by atoms with Crippen LogP contribution in [0.3, 0.4) is 0 Å². The van der Waals surface area contributed by atoms with Gasteiger partial charge in [-0.05, 0) is 18.2 Å². The second kappa shape index (κ2) is 5.78. The van der Waals surface area contributed by atoms with Crippen molar-refractivity contribution >= 4 is 0 Å². The summed E-state index contributed by atoms with van der Waals surface area (Å²) in [5, 5.41) is 16.3. The molecule has 0 fully saturated rings. The maximum atomic E-state index is 13.3. The summed E-state index contributed by atoms with van der Waals surface area (Å²) in [4.78, 5) is 0. The predicted octanol–water partition coefficient (Wildman–Crippen LogP) is 2.07. The Hall–Kier alpha value is -2.68. The van der Waals surface area contributed by atoms with Gasteiger partial charge >= 0.3 is 0 Å². The van der Waals surface area contributed by atoms with E-state index >= 15 is 0 Å². The van der Waals surface area contributed by atoms with Crippen LogP contribution in [0, 0.1) is 17.1 Å². The van der Waals surface area contributed by atoms with Gasteiger partial charge in [-0.1, -0.05) is 0 Å². The minimum absolute atomic E-state index is 0.0170. The SMILES string of the molecule is COc1ccc(COc2ccc(C#N)c(F)c2)nn1. The summed E-state index contributed by atoms with van der Waals surface area (Å²) in [5.74, 6) is 0.128. The molecular formula is C13H10FN3O2. The molecule has 0 unspecified atom stereocenters. The molecule has 1 aromatic heterocycles. The van der Waals surface area contributed by atoms with Gasteiger partial charge in [-0.2, -0.15) is 5.26 Å². The summed E-state index contributed by atoms with van der Waals surface area (Å²) in [5.41, 5.74) is 0.571. The van der Waals surface area contributed by atoms with E-state index in [1.165, 1.54) is 19.2 Å². The van der Waals surface area contributed by atoms with Crippen LogP contribution in [-0.4, -0.2) is 17.3 Å². The third kappa shape index (κ3) is 3.16. The Labute approximate surface area is 109 Å². The highest BCUT2D eigenvalue weighted by Crippen LogP contribution is 2.17. The van der Waals surface area contributed by atoms with Crippen LogP contribution in [0.25, 0.3) is 0 Å². The van der Waals surface area contributed by atoms with E-state index in [0.717, 1.165) is 6.07 Å². The van der Waals surface area contributed by atoms with E-state index < -0.39 is 5.82 Å². The molecule has 0 saturated heterocycles. The fraction of sp³-hybridized carbons (Fsp3) is 0.154. The van der Waals surface area contributed by atoms with Crippen molar-refractivity contribution in [3.8, 4) is 17.7 Å². The van der Waals surface area contributed by atoms with E-state index in [0.29, 0.717) is 17.3 Å². The molecule has 96 valence electrons. The Morgan fingerprint density at radius 3 is 2.68 bits per heavy atom. The summed E-state index contributed by atoms with van der Waals surface area (Å²) in [6.07, 6.45) is 0. The lowest BCUT2D eigenvalue weighted by atomic mass is 10.2. The minimum atomic E-state index is -0.610. The minimum Gasteiger partial charge on any atom is -0.487 e. The summed E-state index contributed by atoms with van der Waals surface area (Å²) in [6.45, 7) is 0.155. The molecule has 2 rings (SSSR count). The lowest BCUT2D eigenvalue weighted by Gasteiger charge is -2.06. The Morgan fingerprint density at radius 2 is 2.11 bits per heavy atom. The smallest absolute Gasteiger partial charge is 0.233 e. The van der Waals surface area contributed by atoms with Crippen molar-refractivity contribution in [3.63, 3.8) is 0 Å². The van der Waals surface area contributed by atoms with Crippen molar-refractivity contribution < 1.29 is 13.9 Å². The fourth-order valence-electron chi connectivity index (χ4n) is 1.37. The molecule has 0 aliphatic heterocycles. The highest BCUT2D eigenvalue weighted by molar-refractivity contribution is 5.36. The maximum Gasteiger partial charge on any atom is 0.233 e. The largest absolute Gasteiger partial charge is 0.487 e. The summed E-state index contributed by atoms with van der Waals surface area (Å²) >= 11 is 0. The second-order valence-corrected chi connectivity index (χ2v) is 3.61. The fourth-order valence-corrected chi connectivity index (χ4v) is 1.37. The third-order valence-electron chi connectivity index (χ3n) is 2.35. The van der Waals surface area contributed by atoms with Crippen LogP contribution in [0.5, 0.6) is 11.6 Å². The zero-order chi connectivity index (χ0) is 13.7. The number of ether oxygens (including phenoxy) is 2. The number of hydrogen-bond acceptors (Lipinski definition) is 5. The van der Waals surface area contributed by atoms with Crippen LogP contribution in [0.2, 0.25) is 0 Å². The topological polar surface area (TPSA) is 68.0 Å². The molecule has 0 bridgehead atoms. The molecule has 0 aliphatic rings. The van der Waals surface area contributed by atoms with E-state index in [2.05, 4.69) is 10.2 Å². The molecule has 0 spiro atoms. The number of methoxy groups -OCH3 is 1. The Bertz CT molecular complexity index is 608. The number of halogens is 1. The zero-order valence-electron chi connectivity index (χ0n) is 10.1. The molecule has 1 aromatic carbocycles. The highest BCUT2D eigenvalue weighted by atomic mass is 19.1. The van der Waals surface area contributed by atoms with Crippen LogP contribution in [0.15, 0.2) is 30.3 Å². The van der Waals surface area contributed by atoms with Gasteiger partial charge in [0.1, 0.15) is 29.9 Å². The first kappa shape index (κ1) is 12.8. The average Bonchev–Trinajstić information content (AvgIpc) is 2.46. The molecular weight excluding hydrogens is 249 g/mol. The van der Waals surface area contributed by atoms with Gasteiger partial charge in [0.15, 0.2) is 0 Å². The van der Waals surface area contributed by atoms with Gasteiger partial charge in [0.05, 0.1) is 12.7 Å². The van der Waals surface area contributed by atoms with Crippen LogP contribution in [-0.2, 0) is 6.61 Å². The number of aromatic nitrogens is 2. The van der Waals surface area contributed by atoms with Gasteiger partial charge in [-0.15, -0.1) is 10.2 Å². The van der Waals surface area contributed by atoms with E-state index in [4.69, 9.17) is 14.7 Å². The van der Waals surface area contributed by atoms with Gasteiger partial charge in [0.25, 0.3) is 0 Å². The lowest BCUT2D eigenvalue weighted by molar-refractivity contribution is 0.296. The van der Waals surface area contributed by atoms with Gasteiger partial charge in [0, 0.05) is 12.1 Å². The number of rotatable bonds is 4. The summed E-state index contributed by atoms with van der Waals surface area (Å²) < 4.78 is 23.6. The van der Waals surface area contributed by atoms with Gasteiger partial charge < -0.3 is 9.47 Å². The molecule has 0 atom stereocenters. The van der Waals surface area contributed by atoms with Crippen molar-refractivity contribution in [2.24, 2.45) is 0 Å². The Kier molecular flexibility index (Phi) is 3.88. The normalized spacial score (nSPS) is 9.74. The zero-order valence-corrected chi connectivity index (χ0v) is 10.1. The predicted molar refractivity (Wildman–Crippen MR) is 64.0 cm³/mol. The number of nitriles is 1. The molecule has 0 radical (unpaired) electrons. The molecule has 19 heavy (non-hydrogen) atoms. The number of hydrogen-bond donors (Lipinski definition) is 0. The molecule has 6 heteroatoms. The van der Waals surface area contributed by atoms with Crippen LogP contribution >= 0.6 is 0 Å². The molecule has 2 aromatic rings. The molecule has 0 N–H and O–H groups in total. The van der Waals surface area contributed by atoms with E-state index in [-0.39, 0.29) is 12.2 Å². The quantitative estimate of drug-likeness (QED) is 0.840. The van der Waals surface area contributed by atoms with E-state index in [1.54, 1.807) is 18.2 Å². The maximum absolute atomic E-state index is 13.3. The van der Waals surface area contributed by atoms with Crippen LogP contribution < -0.4 is 9.47 Å². The first-order valence-electron chi connectivity index (χ1n) is 5.42. The van der Waals surface area contributed by atoms with Crippen molar-refractivity contribution in [2.45, 2.75) is 6.61 Å². The third-order valence-corrected chi connectivity index (χ3v) is 2.35. The van der Waals surface area contributed by atoms with Gasteiger partial charge in [0.2, 0.25) is 5.88 Å². The molecule has 1 heterocycles. The Balaban J connectivity index is 2.02. The monoisotopic (exact) mass is 259 g/mol. The molecule has 0 amide bonds. The first-order valence-corrected chi connectivity index (χ1v) is 5.42. The summed E-state index contributed by atoms with van der Waals surface area (Å²) in [7, 11) is 1.50. The first-order chi connectivity index (χ1) is 9.22. The summed E-state index contributed by atoms with van der Waals surface area (Å²) in [6, 6.07) is 9.15. The number of nitrogens with zero attached hydrogens (tertiary/aromatic N) is 3. The van der Waals surface area contributed by atoms with Crippen LogP contribution in [0.4, 0.5) is 4.39 Å². The van der Waals surface area contributed by atoms with Crippen molar-refractivity contribution in [3.05, 3.63) is 47.4 Å². The van der Waals surface area contributed by atoms with Crippen molar-refractivity contribution in [2.75, 3.05) is 7.11 Å².